The Morgan fingerprint density at radius 2 is 2.29 bits per heavy atom. The molecule has 1 rings (SSSR count). The largest absolute Gasteiger partial charge is 0.493 e. The van der Waals surface area contributed by atoms with Crippen molar-refractivity contribution in [2.45, 2.75) is 20.3 Å². The molecular weight excluding hydrogens is 218 g/mol. The Hall–Kier alpha value is -1.81. The van der Waals surface area contributed by atoms with E-state index in [-0.39, 0.29) is 0 Å². The van der Waals surface area contributed by atoms with Crippen LogP contribution >= 0.6 is 0 Å². The second-order valence-corrected chi connectivity index (χ2v) is 3.68. The number of hydrogen-bond acceptors (Lipinski definition) is 3. The Morgan fingerprint density at radius 3 is 2.88 bits per heavy atom. The summed E-state index contributed by atoms with van der Waals surface area (Å²) in [7, 11) is 0. The molecule has 4 nitrogen and oxygen atoms in total. The molecule has 0 spiro atoms. The van der Waals surface area contributed by atoms with E-state index in [1.54, 1.807) is 6.08 Å². The summed E-state index contributed by atoms with van der Waals surface area (Å²) in [5.41, 5.74) is 3.44. The molecule has 1 aromatic rings. The smallest absolute Gasteiger partial charge is 0.267 e. The van der Waals surface area contributed by atoms with E-state index in [2.05, 4.69) is 6.92 Å². The zero-order chi connectivity index (χ0) is 12.7. The van der Waals surface area contributed by atoms with Crippen molar-refractivity contribution in [2.75, 3.05) is 6.61 Å². The number of carbonyl (C=O) groups excluding carboxylic acids is 1. The fraction of sp³-hybridized carbons (Fsp3) is 0.308. The van der Waals surface area contributed by atoms with Gasteiger partial charge in [0, 0.05) is 6.08 Å². The number of rotatable bonds is 5. The molecule has 2 N–H and O–H groups in total. The molecule has 0 aliphatic rings. The van der Waals surface area contributed by atoms with Crippen LogP contribution < -0.4 is 10.2 Å². The maximum absolute atomic E-state index is 10.8. The number of aryl methyl sites for hydroxylation is 1. The van der Waals surface area contributed by atoms with E-state index < -0.39 is 5.91 Å². The SMILES string of the molecule is CCCOc1ccc(C=CC(=O)NO)cc1C. The van der Waals surface area contributed by atoms with Gasteiger partial charge in [-0.3, -0.25) is 10.0 Å². The van der Waals surface area contributed by atoms with Gasteiger partial charge in [0.25, 0.3) is 5.91 Å². The second-order valence-electron chi connectivity index (χ2n) is 3.68. The first kappa shape index (κ1) is 13.3. The molecular formula is C13H17NO3. The van der Waals surface area contributed by atoms with Crippen molar-refractivity contribution in [1.29, 1.82) is 0 Å². The Kier molecular flexibility index (Phi) is 5.23. The van der Waals surface area contributed by atoms with Gasteiger partial charge in [0.2, 0.25) is 0 Å². The predicted molar refractivity (Wildman–Crippen MR) is 65.9 cm³/mol. The van der Waals surface area contributed by atoms with E-state index >= 15 is 0 Å². The zero-order valence-electron chi connectivity index (χ0n) is 10.1. The van der Waals surface area contributed by atoms with E-state index in [0.717, 1.165) is 23.3 Å². The van der Waals surface area contributed by atoms with Crippen LogP contribution in [0.3, 0.4) is 0 Å². The summed E-state index contributed by atoms with van der Waals surface area (Å²) in [6.45, 7) is 4.71. The lowest BCUT2D eigenvalue weighted by Crippen LogP contribution is -2.14. The first-order valence-corrected chi connectivity index (χ1v) is 5.53. The van der Waals surface area contributed by atoms with E-state index in [0.29, 0.717) is 6.61 Å². The molecule has 0 aliphatic carbocycles. The highest BCUT2D eigenvalue weighted by Crippen LogP contribution is 2.19. The molecule has 4 heteroatoms. The first-order chi connectivity index (χ1) is 8.17. The highest BCUT2D eigenvalue weighted by Gasteiger charge is 1.99. The molecule has 0 unspecified atom stereocenters. The molecule has 1 aromatic carbocycles. The Bertz CT molecular complexity index is 413. The van der Waals surface area contributed by atoms with Crippen molar-refractivity contribution in [3.63, 3.8) is 0 Å². The molecule has 92 valence electrons. The topological polar surface area (TPSA) is 58.6 Å². The van der Waals surface area contributed by atoms with Crippen molar-refractivity contribution in [3.8, 4) is 5.75 Å². The third-order valence-electron chi connectivity index (χ3n) is 2.20. The van der Waals surface area contributed by atoms with Crippen LogP contribution in [0.2, 0.25) is 0 Å². The van der Waals surface area contributed by atoms with Crippen LogP contribution in [0.1, 0.15) is 24.5 Å². The summed E-state index contributed by atoms with van der Waals surface area (Å²) >= 11 is 0. The summed E-state index contributed by atoms with van der Waals surface area (Å²) < 4.78 is 5.54. The lowest BCUT2D eigenvalue weighted by molar-refractivity contribution is -0.124. The van der Waals surface area contributed by atoms with Crippen LogP contribution in [0.25, 0.3) is 6.08 Å². The van der Waals surface area contributed by atoms with E-state index in [4.69, 9.17) is 9.94 Å². The molecule has 0 aliphatic heterocycles. The number of amides is 1. The molecule has 0 atom stereocenters. The van der Waals surface area contributed by atoms with Crippen LogP contribution in [0.15, 0.2) is 24.3 Å². The number of benzene rings is 1. The second kappa shape index (κ2) is 6.70. The molecule has 17 heavy (non-hydrogen) atoms. The molecule has 1 amide bonds. The quantitative estimate of drug-likeness (QED) is 0.467. The summed E-state index contributed by atoms with van der Waals surface area (Å²) in [5, 5.41) is 8.34. The van der Waals surface area contributed by atoms with Gasteiger partial charge in [-0.25, -0.2) is 5.48 Å². The van der Waals surface area contributed by atoms with Gasteiger partial charge in [-0.15, -0.1) is 0 Å². The van der Waals surface area contributed by atoms with Crippen molar-refractivity contribution >= 4 is 12.0 Å². The van der Waals surface area contributed by atoms with E-state index in [1.165, 1.54) is 11.6 Å². The summed E-state index contributed by atoms with van der Waals surface area (Å²) in [6, 6.07) is 5.66. The number of hydrogen-bond donors (Lipinski definition) is 2. The minimum Gasteiger partial charge on any atom is -0.493 e. The van der Waals surface area contributed by atoms with Crippen LogP contribution in [0.4, 0.5) is 0 Å². The zero-order valence-corrected chi connectivity index (χ0v) is 10.1. The Morgan fingerprint density at radius 1 is 1.53 bits per heavy atom. The molecule has 0 bridgehead atoms. The molecule has 0 saturated carbocycles. The van der Waals surface area contributed by atoms with Gasteiger partial charge < -0.3 is 4.74 Å². The average molecular weight is 235 g/mol. The summed E-state index contributed by atoms with van der Waals surface area (Å²) in [5.74, 6) is 0.310. The maximum atomic E-state index is 10.8. The van der Waals surface area contributed by atoms with E-state index in [1.807, 2.05) is 25.1 Å². The number of hydroxylamine groups is 1. The van der Waals surface area contributed by atoms with Gasteiger partial charge in [0.05, 0.1) is 6.61 Å². The fourth-order valence-corrected chi connectivity index (χ4v) is 1.36. The van der Waals surface area contributed by atoms with Crippen LogP contribution in [-0.4, -0.2) is 17.7 Å². The highest BCUT2D eigenvalue weighted by atomic mass is 16.5. The molecule has 0 aromatic heterocycles. The first-order valence-electron chi connectivity index (χ1n) is 5.53. The van der Waals surface area contributed by atoms with Crippen LogP contribution in [0, 0.1) is 6.92 Å². The van der Waals surface area contributed by atoms with Gasteiger partial charge in [0.15, 0.2) is 0 Å². The minimum absolute atomic E-state index is 0.547. The molecule has 0 radical (unpaired) electrons. The summed E-state index contributed by atoms with van der Waals surface area (Å²) in [4.78, 5) is 10.8. The Labute approximate surface area is 101 Å². The van der Waals surface area contributed by atoms with Crippen molar-refractivity contribution in [2.24, 2.45) is 0 Å². The lowest BCUT2D eigenvalue weighted by atomic mass is 10.1. The fourth-order valence-electron chi connectivity index (χ4n) is 1.36. The van der Waals surface area contributed by atoms with Crippen molar-refractivity contribution < 1.29 is 14.7 Å². The molecule has 0 saturated heterocycles. The minimum atomic E-state index is -0.547. The highest BCUT2D eigenvalue weighted by molar-refractivity contribution is 5.90. The third kappa shape index (κ3) is 4.28. The number of nitrogens with one attached hydrogen (secondary N) is 1. The predicted octanol–water partition coefficient (Wildman–Crippen LogP) is 2.30. The van der Waals surface area contributed by atoms with Gasteiger partial charge >= 0.3 is 0 Å². The van der Waals surface area contributed by atoms with Gasteiger partial charge in [0.1, 0.15) is 5.75 Å². The third-order valence-corrected chi connectivity index (χ3v) is 2.20. The maximum Gasteiger partial charge on any atom is 0.267 e. The summed E-state index contributed by atoms with van der Waals surface area (Å²) in [6.07, 6.45) is 3.86. The molecule has 0 fully saturated rings. The van der Waals surface area contributed by atoms with Gasteiger partial charge in [-0.1, -0.05) is 13.0 Å². The Balaban J connectivity index is 2.74. The van der Waals surface area contributed by atoms with E-state index in [9.17, 15) is 4.79 Å². The number of ether oxygens (including phenoxy) is 1. The van der Waals surface area contributed by atoms with Crippen LogP contribution in [-0.2, 0) is 4.79 Å². The number of carbonyl (C=O) groups is 1. The average Bonchev–Trinajstić information content (AvgIpc) is 2.34. The standard InChI is InChI=1S/C13H17NO3/c1-3-8-17-12-6-4-11(9-10(12)2)5-7-13(15)14-16/h4-7,9,16H,3,8H2,1-2H3,(H,14,15). The lowest BCUT2D eigenvalue weighted by Gasteiger charge is -2.08. The van der Waals surface area contributed by atoms with Crippen molar-refractivity contribution in [1.82, 2.24) is 5.48 Å². The van der Waals surface area contributed by atoms with Gasteiger partial charge in [-0.05, 0) is 42.7 Å². The van der Waals surface area contributed by atoms with Crippen molar-refractivity contribution in [3.05, 3.63) is 35.4 Å². The normalized spacial score (nSPS) is 10.5. The van der Waals surface area contributed by atoms with Gasteiger partial charge in [-0.2, -0.15) is 0 Å². The monoisotopic (exact) mass is 235 g/mol. The van der Waals surface area contributed by atoms with Crippen LogP contribution in [0.5, 0.6) is 5.75 Å². The molecule has 0 heterocycles.